The highest BCUT2D eigenvalue weighted by Gasteiger charge is 2.05. The molecule has 0 aliphatic heterocycles. The number of aromatic nitrogens is 3. The number of anilines is 2. The van der Waals surface area contributed by atoms with E-state index in [2.05, 4.69) is 20.3 Å². The molecular weight excluding hydrogens is 280 g/mol. The van der Waals surface area contributed by atoms with Crippen LogP contribution in [0, 0.1) is 0 Å². The van der Waals surface area contributed by atoms with Crippen LogP contribution in [-0.2, 0) is 0 Å². The number of carboxylic acids is 1. The van der Waals surface area contributed by atoms with Crippen molar-refractivity contribution in [1.82, 2.24) is 15.0 Å². The number of hydrogen-bond acceptors (Lipinski definition) is 5. The fourth-order valence-corrected chi connectivity index (χ4v) is 1.92. The van der Waals surface area contributed by atoms with Crippen molar-refractivity contribution >= 4 is 17.5 Å². The molecule has 0 amide bonds. The molecular formula is C16H12N4O2. The Labute approximate surface area is 126 Å². The topological polar surface area (TPSA) is 88.0 Å². The summed E-state index contributed by atoms with van der Waals surface area (Å²) in [5.41, 5.74) is 2.27. The maximum absolute atomic E-state index is 10.9. The van der Waals surface area contributed by atoms with Crippen LogP contribution in [0.15, 0.2) is 61.1 Å². The summed E-state index contributed by atoms with van der Waals surface area (Å²) >= 11 is 0. The lowest BCUT2D eigenvalue weighted by Crippen LogP contribution is -1.99. The quantitative estimate of drug-likeness (QED) is 0.768. The molecule has 0 radical (unpaired) electrons. The largest absolute Gasteiger partial charge is 0.478 e. The molecule has 0 unspecified atom stereocenters. The minimum Gasteiger partial charge on any atom is -0.478 e. The number of nitrogens with one attached hydrogen (secondary N) is 1. The number of hydrogen-bond donors (Lipinski definition) is 2. The lowest BCUT2D eigenvalue weighted by Gasteiger charge is -2.06. The summed E-state index contributed by atoms with van der Waals surface area (Å²) in [4.78, 5) is 23.7. The van der Waals surface area contributed by atoms with E-state index >= 15 is 0 Å². The van der Waals surface area contributed by atoms with Gasteiger partial charge < -0.3 is 10.4 Å². The first-order valence-electron chi connectivity index (χ1n) is 6.56. The number of carbonyl (C=O) groups is 1. The molecule has 0 saturated carbocycles. The van der Waals surface area contributed by atoms with Gasteiger partial charge in [-0.1, -0.05) is 12.1 Å². The molecule has 2 heterocycles. The molecule has 6 nitrogen and oxygen atoms in total. The molecule has 0 saturated heterocycles. The van der Waals surface area contributed by atoms with Crippen LogP contribution in [0.4, 0.5) is 11.5 Å². The standard InChI is InChI=1S/C16H12N4O2/c21-16(22)11-4-3-5-12(8-11)20-15-10-18-14(9-19-15)13-6-1-2-7-17-13/h1-10H,(H,19,20)(H,21,22). The molecule has 0 atom stereocenters. The highest BCUT2D eigenvalue weighted by molar-refractivity contribution is 5.89. The van der Waals surface area contributed by atoms with Crippen LogP contribution in [0.5, 0.6) is 0 Å². The predicted molar refractivity (Wildman–Crippen MR) is 81.9 cm³/mol. The van der Waals surface area contributed by atoms with Gasteiger partial charge in [0.2, 0.25) is 0 Å². The molecule has 3 rings (SSSR count). The van der Waals surface area contributed by atoms with Crippen LogP contribution in [-0.4, -0.2) is 26.0 Å². The summed E-state index contributed by atoms with van der Waals surface area (Å²) in [6, 6.07) is 12.1. The Morgan fingerprint density at radius 2 is 1.86 bits per heavy atom. The number of aromatic carboxylic acids is 1. The minimum atomic E-state index is -0.972. The third-order valence-electron chi connectivity index (χ3n) is 2.96. The lowest BCUT2D eigenvalue weighted by atomic mass is 10.2. The van der Waals surface area contributed by atoms with Gasteiger partial charge in [0, 0.05) is 11.9 Å². The first-order valence-corrected chi connectivity index (χ1v) is 6.56. The number of benzene rings is 1. The molecule has 6 heteroatoms. The van der Waals surface area contributed by atoms with Gasteiger partial charge >= 0.3 is 5.97 Å². The van der Waals surface area contributed by atoms with E-state index in [1.54, 1.807) is 30.7 Å². The summed E-state index contributed by atoms with van der Waals surface area (Å²) in [7, 11) is 0. The third-order valence-corrected chi connectivity index (χ3v) is 2.96. The minimum absolute atomic E-state index is 0.211. The molecule has 108 valence electrons. The summed E-state index contributed by atoms with van der Waals surface area (Å²) in [5.74, 6) is -0.442. The maximum Gasteiger partial charge on any atom is 0.335 e. The number of rotatable bonds is 4. The monoisotopic (exact) mass is 292 g/mol. The molecule has 0 aliphatic carbocycles. The predicted octanol–water partition coefficient (Wildman–Crippen LogP) is 2.98. The lowest BCUT2D eigenvalue weighted by molar-refractivity contribution is 0.0697. The van der Waals surface area contributed by atoms with Crippen molar-refractivity contribution in [2.75, 3.05) is 5.32 Å². The van der Waals surface area contributed by atoms with Gasteiger partial charge in [-0.3, -0.25) is 4.98 Å². The van der Waals surface area contributed by atoms with E-state index in [0.29, 0.717) is 17.2 Å². The van der Waals surface area contributed by atoms with Crippen molar-refractivity contribution in [3.8, 4) is 11.4 Å². The van der Waals surface area contributed by atoms with Gasteiger partial charge in [-0.15, -0.1) is 0 Å². The van der Waals surface area contributed by atoms with Crippen molar-refractivity contribution in [2.45, 2.75) is 0 Å². The molecule has 0 aliphatic rings. The summed E-state index contributed by atoms with van der Waals surface area (Å²) in [6.45, 7) is 0. The fourth-order valence-electron chi connectivity index (χ4n) is 1.92. The van der Waals surface area contributed by atoms with Crippen LogP contribution in [0.25, 0.3) is 11.4 Å². The van der Waals surface area contributed by atoms with Gasteiger partial charge in [-0.05, 0) is 30.3 Å². The van der Waals surface area contributed by atoms with E-state index < -0.39 is 5.97 Å². The molecule has 0 fully saturated rings. The smallest absolute Gasteiger partial charge is 0.335 e. The van der Waals surface area contributed by atoms with Crippen LogP contribution >= 0.6 is 0 Å². The van der Waals surface area contributed by atoms with E-state index in [1.807, 2.05) is 18.2 Å². The first-order chi connectivity index (χ1) is 10.7. The van der Waals surface area contributed by atoms with Crippen LogP contribution < -0.4 is 5.32 Å². The van der Waals surface area contributed by atoms with Gasteiger partial charge in [-0.25, -0.2) is 14.8 Å². The van der Waals surface area contributed by atoms with E-state index in [-0.39, 0.29) is 5.56 Å². The highest BCUT2D eigenvalue weighted by atomic mass is 16.4. The Kier molecular flexibility index (Phi) is 3.74. The Hall–Kier alpha value is -3.28. The van der Waals surface area contributed by atoms with Gasteiger partial charge in [0.25, 0.3) is 0 Å². The molecule has 0 spiro atoms. The normalized spacial score (nSPS) is 10.2. The van der Waals surface area contributed by atoms with Gasteiger partial charge in [0.05, 0.1) is 23.7 Å². The van der Waals surface area contributed by atoms with E-state index in [9.17, 15) is 4.79 Å². The van der Waals surface area contributed by atoms with Crippen LogP contribution in [0.2, 0.25) is 0 Å². The summed E-state index contributed by atoms with van der Waals surface area (Å²) < 4.78 is 0. The summed E-state index contributed by atoms with van der Waals surface area (Å²) in [5, 5.41) is 12.0. The average molecular weight is 292 g/mol. The first kappa shape index (κ1) is 13.7. The molecule has 2 aromatic heterocycles. The van der Waals surface area contributed by atoms with Crippen molar-refractivity contribution in [3.05, 3.63) is 66.6 Å². The van der Waals surface area contributed by atoms with Crippen molar-refractivity contribution in [2.24, 2.45) is 0 Å². The van der Waals surface area contributed by atoms with Crippen molar-refractivity contribution in [1.29, 1.82) is 0 Å². The van der Waals surface area contributed by atoms with Crippen molar-refractivity contribution in [3.63, 3.8) is 0 Å². The maximum atomic E-state index is 10.9. The highest BCUT2D eigenvalue weighted by Crippen LogP contribution is 2.17. The Morgan fingerprint density at radius 3 is 2.55 bits per heavy atom. The number of carboxylic acid groups (broad SMARTS) is 1. The third kappa shape index (κ3) is 3.06. The molecule has 3 aromatic rings. The molecule has 22 heavy (non-hydrogen) atoms. The van der Waals surface area contributed by atoms with Crippen LogP contribution in [0.3, 0.4) is 0 Å². The fraction of sp³-hybridized carbons (Fsp3) is 0. The van der Waals surface area contributed by atoms with Gasteiger partial charge in [0.1, 0.15) is 11.5 Å². The number of pyridine rings is 1. The number of nitrogens with zero attached hydrogens (tertiary/aromatic N) is 3. The van der Waals surface area contributed by atoms with Gasteiger partial charge in [-0.2, -0.15) is 0 Å². The zero-order valence-electron chi connectivity index (χ0n) is 11.5. The SMILES string of the molecule is O=C(O)c1cccc(Nc2cnc(-c3ccccn3)cn2)c1. The second kappa shape index (κ2) is 6.01. The Balaban J connectivity index is 1.79. The van der Waals surface area contributed by atoms with E-state index in [1.165, 1.54) is 12.1 Å². The molecule has 0 bridgehead atoms. The van der Waals surface area contributed by atoms with Gasteiger partial charge in [0.15, 0.2) is 0 Å². The molecule has 1 aromatic carbocycles. The van der Waals surface area contributed by atoms with E-state index in [4.69, 9.17) is 5.11 Å². The Bertz CT molecular complexity index is 789. The van der Waals surface area contributed by atoms with Crippen LogP contribution in [0.1, 0.15) is 10.4 Å². The van der Waals surface area contributed by atoms with E-state index in [0.717, 1.165) is 5.69 Å². The second-order valence-corrected chi connectivity index (χ2v) is 4.51. The summed E-state index contributed by atoms with van der Waals surface area (Å²) in [6.07, 6.45) is 4.89. The second-order valence-electron chi connectivity index (χ2n) is 4.51. The zero-order valence-corrected chi connectivity index (χ0v) is 11.5. The molecule has 2 N–H and O–H groups in total. The average Bonchev–Trinajstić information content (AvgIpc) is 2.56. The Morgan fingerprint density at radius 1 is 0.955 bits per heavy atom. The van der Waals surface area contributed by atoms with Crippen molar-refractivity contribution < 1.29 is 9.90 Å². The zero-order chi connectivity index (χ0) is 15.4.